The Kier molecular flexibility index (Phi) is 5.53. The van der Waals surface area contributed by atoms with Crippen LogP contribution in [0.2, 0.25) is 5.02 Å². The van der Waals surface area contributed by atoms with E-state index in [2.05, 4.69) is 5.32 Å². The summed E-state index contributed by atoms with van der Waals surface area (Å²) in [4.78, 5) is 24.6. The molecule has 0 atom stereocenters. The minimum atomic E-state index is -4.19. The van der Waals surface area contributed by atoms with Gasteiger partial charge in [0.25, 0.3) is 15.9 Å². The van der Waals surface area contributed by atoms with Gasteiger partial charge in [-0.3, -0.25) is 9.59 Å². The van der Waals surface area contributed by atoms with Gasteiger partial charge in [-0.2, -0.15) is 0 Å². The number of fused-ring (bicyclic) bond motifs is 1. The molecule has 1 aromatic heterocycles. The van der Waals surface area contributed by atoms with E-state index in [1.54, 1.807) is 0 Å². The lowest BCUT2D eigenvalue weighted by Crippen LogP contribution is -2.18. The Balaban J connectivity index is 1.82. The molecule has 0 unspecified atom stereocenters. The minimum Gasteiger partial charge on any atom is -0.322 e. The predicted molar refractivity (Wildman–Crippen MR) is 117 cm³/mol. The molecule has 3 aromatic carbocycles. The molecule has 1 amide bonds. The standard InChI is InChI=1S/C22H13ClF2N2O4S/c23-17-2-1-3-18(25)21(17)22(29)26-14-6-9-16-19(12-14)27(11-10-20(16)28)32(30,31)15-7-4-13(24)5-8-15/h1-12H,(H,26,29). The lowest BCUT2D eigenvalue weighted by Gasteiger charge is -2.14. The second kappa shape index (κ2) is 8.18. The van der Waals surface area contributed by atoms with E-state index in [9.17, 15) is 26.8 Å². The Labute approximate surface area is 185 Å². The van der Waals surface area contributed by atoms with Gasteiger partial charge in [-0.1, -0.05) is 17.7 Å². The number of aromatic nitrogens is 1. The van der Waals surface area contributed by atoms with Gasteiger partial charge in [-0.05, 0) is 54.6 Å². The molecule has 0 aliphatic rings. The third kappa shape index (κ3) is 3.88. The molecule has 0 aliphatic heterocycles. The van der Waals surface area contributed by atoms with Crippen LogP contribution in [0.1, 0.15) is 10.4 Å². The number of nitrogens with one attached hydrogen (secondary N) is 1. The highest BCUT2D eigenvalue weighted by molar-refractivity contribution is 7.90. The number of carbonyl (C=O) groups is 1. The number of hydrogen-bond acceptors (Lipinski definition) is 4. The van der Waals surface area contributed by atoms with Crippen LogP contribution in [0.15, 0.2) is 82.6 Å². The van der Waals surface area contributed by atoms with E-state index in [4.69, 9.17) is 11.6 Å². The van der Waals surface area contributed by atoms with E-state index >= 15 is 0 Å². The number of amides is 1. The van der Waals surface area contributed by atoms with Crippen molar-refractivity contribution in [3.05, 3.63) is 105 Å². The van der Waals surface area contributed by atoms with Crippen LogP contribution in [-0.2, 0) is 10.0 Å². The Morgan fingerprint density at radius 1 is 0.969 bits per heavy atom. The van der Waals surface area contributed by atoms with Crippen LogP contribution in [0.4, 0.5) is 14.5 Å². The van der Waals surface area contributed by atoms with E-state index in [0.29, 0.717) is 0 Å². The second-order valence-corrected chi connectivity index (χ2v) is 8.94. The molecule has 0 saturated carbocycles. The van der Waals surface area contributed by atoms with Crippen molar-refractivity contribution in [1.82, 2.24) is 3.97 Å². The zero-order valence-electron chi connectivity index (χ0n) is 16.1. The van der Waals surface area contributed by atoms with Gasteiger partial charge in [0.15, 0.2) is 5.43 Å². The predicted octanol–water partition coefficient (Wildman–Crippen LogP) is 4.42. The number of carbonyl (C=O) groups excluding carboxylic acids is 1. The molecule has 0 saturated heterocycles. The van der Waals surface area contributed by atoms with Crippen LogP contribution in [0.5, 0.6) is 0 Å². The SMILES string of the molecule is O=C(Nc1ccc2c(=O)ccn(S(=O)(=O)c3ccc(F)cc3)c2c1)c1c(F)cccc1Cl. The normalized spacial score (nSPS) is 11.5. The highest BCUT2D eigenvalue weighted by Crippen LogP contribution is 2.24. The zero-order valence-corrected chi connectivity index (χ0v) is 17.6. The van der Waals surface area contributed by atoms with Crippen molar-refractivity contribution in [2.75, 3.05) is 5.32 Å². The average molecular weight is 475 g/mol. The summed E-state index contributed by atoms with van der Waals surface area (Å²) in [5.74, 6) is -2.28. The van der Waals surface area contributed by atoms with Gasteiger partial charge >= 0.3 is 0 Å². The number of hydrogen-bond donors (Lipinski definition) is 1. The summed E-state index contributed by atoms with van der Waals surface area (Å²) < 4.78 is 54.3. The summed E-state index contributed by atoms with van der Waals surface area (Å²) in [5.41, 5.74) is -0.742. The van der Waals surface area contributed by atoms with Crippen molar-refractivity contribution in [3.63, 3.8) is 0 Å². The highest BCUT2D eigenvalue weighted by atomic mass is 35.5. The number of nitrogens with zero attached hydrogens (tertiary/aromatic N) is 1. The maximum absolute atomic E-state index is 14.0. The Bertz CT molecular complexity index is 1510. The van der Waals surface area contributed by atoms with E-state index in [1.165, 1.54) is 30.3 Å². The fraction of sp³-hybridized carbons (Fsp3) is 0. The lowest BCUT2D eigenvalue weighted by atomic mass is 10.1. The quantitative estimate of drug-likeness (QED) is 0.474. The lowest BCUT2D eigenvalue weighted by molar-refractivity contribution is 0.102. The average Bonchev–Trinajstić information content (AvgIpc) is 2.74. The zero-order chi connectivity index (χ0) is 23.0. The van der Waals surface area contributed by atoms with E-state index in [1.807, 2.05) is 0 Å². The molecule has 6 nitrogen and oxygen atoms in total. The third-order valence-corrected chi connectivity index (χ3v) is 6.70. The summed E-state index contributed by atoms with van der Waals surface area (Å²) in [5, 5.41) is 2.43. The van der Waals surface area contributed by atoms with Crippen molar-refractivity contribution in [2.45, 2.75) is 4.90 Å². The molecule has 1 heterocycles. The summed E-state index contributed by atoms with van der Waals surface area (Å²) >= 11 is 5.92. The fourth-order valence-corrected chi connectivity index (χ4v) is 4.73. The topological polar surface area (TPSA) is 85.2 Å². The summed E-state index contributed by atoms with van der Waals surface area (Å²) in [6, 6.07) is 13.1. The molecule has 0 aliphatic carbocycles. The molecule has 1 N–H and O–H groups in total. The summed E-state index contributed by atoms with van der Waals surface area (Å²) in [7, 11) is -4.19. The highest BCUT2D eigenvalue weighted by Gasteiger charge is 2.20. The molecule has 0 spiro atoms. The van der Waals surface area contributed by atoms with E-state index < -0.39 is 33.0 Å². The number of halogens is 3. The van der Waals surface area contributed by atoms with E-state index in [0.717, 1.165) is 46.6 Å². The van der Waals surface area contributed by atoms with Crippen molar-refractivity contribution >= 4 is 44.1 Å². The number of anilines is 1. The van der Waals surface area contributed by atoms with Crippen LogP contribution < -0.4 is 10.7 Å². The van der Waals surface area contributed by atoms with Crippen LogP contribution in [-0.4, -0.2) is 18.3 Å². The first-order chi connectivity index (χ1) is 15.2. The van der Waals surface area contributed by atoms with E-state index in [-0.39, 0.29) is 32.1 Å². The van der Waals surface area contributed by atoms with Gasteiger partial charge < -0.3 is 5.32 Å². The van der Waals surface area contributed by atoms with Gasteiger partial charge in [0, 0.05) is 23.3 Å². The van der Waals surface area contributed by atoms with Crippen molar-refractivity contribution < 1.29 is 22.0 Å². The molecule has 0 fully saturated rings. The molecule has 10 heteroatoms. The van der Waals surface area contributed by atoms with Crippen LogP contribution in [0.3, 0.4) is 0 Å². The number of pyridine rings is 1. The van der Waals surface area contributed by atoms with Gasteiger partial charge in [0.1, 0.15) is 11.6 Å². The largest absolute Gasteiger partial charge is 0.322 e. The van der Waals surface area contributed by atoms with Gasteiger partial charge in [-0.15, -0.1) is 0 Å². The maximum Gasteiger partial charge on any atom is 0.268 e. The summed E-state index contributed by atoms with van der Waals surface area (Å²) in [6.45, 7) is 0. The van der Waals surface area contributed by atoms with Gasteiger partial charge in [0.05, 0.1) is 21.0 Å². The van der Waals surface area contributed by atoms with Crippen molar-refractivity contribution in [1.29, 1.82) is 0 Å². The number of rotatable bonds is 4. The van der Waals surface area contributed by atoms with Crippen molar-refractivity contribution in [3.8, 4) is 0 Å². The molecule has 0 radical (unpaired) electrons. The Morgan fingerprint density at radius 3 is 2.38 bits per heavy atom. The van der Waals surface area contributed by atoms with Crippen LogP contribution in [0, 0.1) is 11.6 Å². The summed E-state index contributed by atoms with van der Waals surface area (Å²) in [6.07, 6.45) is 1.07. The molecular weight excluding hydrogens is 462 g/mol. The number of benzene rings is 3. The molecule has 162 valence electrons. The van der Waals surface area contributed by atoms with Gasteiger partial charge in [0.2, 0.25) is 0 Å². The smallest absolute Gasteiger partial charge is 0.268 e. The van der Waals surface area contributed by atoms with Gasteiger partial charge in [-0.25, -0.2) is 21.2 Å². The first kappa shape index (κ1) is 21.7. The molecule has 4 aromatic rings. The third-order valence-electron chi connectivity index (χ3n) is 4.68. The maximum atomic E-state index is 14.0. The monoisotopic (exact) mass is 474 g/mol. The van der Waals surface area contributed by atoms with Crippen molar-refractivity contribution in [2.24, 2.45) is 0 Å². The fourth-order valence-electron chi connectivity index (χ4n) is 3.14. The molecule has 0 bridgehead atoms. The van der Waals surface area contributed by atoms with Crippen LogP contribution >= 0.6 is 11.6 Å². The Morgan fingerprint density at radius 2 is 1.69 bits per heavy atom. The minimum absolute atomic E-state index is 0.0285. The second-order valence-electron chi connectivity index (χ2n) is 6.72. The molecular formula is C22H13ClF2N2O4S. The first-order valence-electron chi connectivity index (χ1n) is 9.10. The Hall–Kier alpha value is -3.56. The molecule has 4 rings (SSSR count). The molecule has 32 heavy (non-hydrogen) atoms. The first-order valence-corrected chi connectivity index (χ1v) is 10.9. The van der Waals surface area contributed by atoms with Crippen LogP contribution in [0.25, 0.3) is 10.9 Å².